The van der Waals surface area contributed by atoms with Gasteiger partial charge in [-0.15, -0.1) is 0 Å². The smallest absolute Gasteiger partial charge is 0.225 e. The van der Waals surface area contributed by atoms with Gasteiger partial charge in [0, 0.05) is 23.2 Å². The van der Waals surface area contributed by atoms with Crippen LogP contribution in [0.5, 0.6) is 5.75 Å². The van der Waals surface area contributed by atoms with Crippen molar-refractivity contribution in [3.63, 3.8) is 0 Å². The van der Waals surface area contributed by atoms with Gasteiger partial charge in [0.05, 0.1) is 18.6 Å². The third kappa shape index (κ3) is 5.19. The van der Waals surface area contributed by atoms with Crippen LogP contribution in [0.2, 0.25) is 0 Å². The molecule has 0 atom stereocenters. The summed E-state index contributed by atoms with van der Waals surface area (Å²) in [5.41, 5.74) is 3.94. The second-order valence-electron chi connectivity index (χ2n) is 7.98. The summed E-state index contributed by atoms with van der Waals surface area (Å²) < 4.78 is 36.7. The van der Waals surface area contributed by atoms with Crippen LogP contribution in [0.1, 0.15) is 43.0 Å². The number of anilines is 1. The Bertz CT molecular complexity index is 1210. The van der Waals surface area contributed by atoms with Crippen molar-refractivity contribution >= 4 is 21.4 Å². The summed E-state index contributed by atoms with van der Waals surface area (Å²) in [5.74, 6) is 0.386. The monoisotopic (exact) mass is 456 g/mol. The molecule has 32 heavy (non-hydrogen) atoms. The van der Waals surface area contributed by atoms with Crippen molar-refractivity contribution < 1.29 is 22.5 Å². The minimum Gasteiger partial charge on any atom is -0.495 e. The molecule has 2 aromatic carbocycles. The fourth-order valence-electron chi connectivity index (χ4n) is 3.26. The third-order valence-electron chi connectivity index (χ3n) is 5.38. The lowest BCUT2D eigenvalue weighted by Gasteiger charge is -2.12. The van der Waals surface area contributed by atoms with Crippen molar-refractivity contribution in [3.8, 4) is 17.1 Å². The molecule has 1 N–H and O–H groups in total. The van der Waals surface area contributed by atoms with Gasteiger partial charge in [0.15, 0.2) is 15.6 Å². The van der Waals surface area contributed by atoms with E-state index in [-0.39, 0.29) is 28.7 Å². The summed E-state index contributed by atoms with van der Waals surface area (Å²) in [5, 5.41) is 6.68. The minimum absolute atomic E-state index is 0.0139. The van der Waals surface area contributed by atoms with Crippen LogP contribution in [0.25, 0.3) is 11.3 Å². The van der Waals surface area contributed by atoms with Gasteiger partial charge in [0.1, 0.15) is 10.6 Å². The Labute approximate surface area is 188 Å². The first-order chi connectivity index (χ1) is 15.1. The molecule has 0 aliphatic heterocycles. The van der Waals surface area contributed by atoms with E-state index in [1.165, 1.54) is 13.2 Å². The number of methoxy groups -OCH3 is 1. The second kappa shape index (κ2) is 9.56. The zero-order chi connectivity index (χ0) is 23.5. The highest BCUT2D eigenvalue weighted by Crippen LogP contribution is 2.33. The van der Waals surface area contributed by atoms with Gasteiger partial charge in [0.25, 0.3) is 0 Å². The number of benzene rings is 2. The van der Waals surface area contributed by atoms with Crippen LogP contribution in [0.3, 0.4) is 0 Å². The number of rotatable bonds is 8. The van der Waals surface area contributed by atoms with Crippen molar-refractivity contribution in [1.82, 2.24) is 5.16 Å². The van der Waals surface area contributed by atoms with Crippen molar-refractivity contribution in [2.45, 2.75) is 44.9 Å². The lowest BCUT2D eigenvalue weighted by atomic mass is 10.0. The Morgan fingerprint density at radius 2 is 1.81 bits per heavy atom. The van der Waals surface area contributed by atoms with Crippen molar-refractivity contribution in [1.29, 1.82) is 0 Å². The topological polar surface area (TPSA) is 98.5 Å². The van der Waals surface area contributed by atoms with Crippen molar-refractivity contribution in [2.24, 2.45) is 0 Å². The average molecular weight is 457 g/mol. The number of nitrogens with zero attached hydrogens (tertiary/aromatic N) is 1. The second-order valence-corrected chi connectivity index (χ2v) is 10.1. The summed E-state index contributed by atoms with van der Waals surface area (Å²) in [7, 11) is -2.38. The number of carbonyl (C=O) groups is 1. The van der Waals surface area contributed by atoms with Gasteiger partial charge >= 0.3 is 0 Å². The number of ether oxygens (including phenoxy) is 1. The molecule has 0 saturated carbocycles. The van der Waals surface area contributed by atoms with Crippen molar-refractivity contribution in [2.75, 3.05) is 18.2 Å². The normalized spacial score (nSPS) is 11.6. The van der Waals surface area contributed by atoms with Crippen molar-refractivity contribution in [3.05, 3.63) is 59.3 Å². The fraction of sp³-hybridized carbons (Fsp3) is 0.333. The van der Waals surface area contributed by atoms with Gasteiger partial charge in [-0.05, 0) is 55.7 Å². The molecule has 0 fully saturated rings. The van der Waals surface area contributed by atoms with E-state index in [1.54, 1.807) is 12.1 Å². The highest BCUT2D eigenvalue weighted by atomic mass is 32.2. The molecule has 0 aliphatic rings. The molecule has 3 aromatic rings. The van der Waals surface area contributed by atoms with E-state index in [4.69, 9.17) is 9.26 Å². The van der Waals surface area contributed by atoms with Gasteiger partial charge in [-0.25, -0.2) is 8.42 Å². The number of amides is 1. The van der Waals surface area contributed by atoms with Gasteiger partial charge in [0.2, 0.25) is 5.91 Å². The summed E-state index contributed by atoms with van der Waals surface area (Å²) in [4.78, 5) is 12.4. The van der Waals surface area contributed by atoms with E-state index in [2.05, 4.69) is 24.3 Å². The Hall–Kier alpha value is -3.13. The fourth-order valence-corrected chi connectivity index (χ4v) is 4.70. The molecule has 0 radical (unpaired) electrons. The maximum absolute atomic E-state index is 13.1. The van der Waals surface area contributed by atoms with E-state index in [1.807, 2.05) is 38.1 Å². The first-order valence-electron chi connectivity index (χ1n) is 10.4. The number of aryl methyl sites for hydroxylation is 1. The van der Waals surface area contributed by atoms with E-state index in [0.29, 0.717) is 22.9 Å². The van der Waals surface area contributed by atoms with Crippen LogP contribution in [0.15, 0.2) is 51.9 Å². The maximum atomic E-state index is 13.1. The van der Waals surface area contributed by atoms with E-state index < -0.39 is 9.84 Å². The van der Waals surface area contributed by atoms with E-state index in [0.717, 1.165) is 16.8 Å². The zero-order valence-corrected chi connectivity index (χ0v) is 19.7. The molecular formula is C24H28N2O5S. The molecule has 0 aliphatic carbocycles. The van der Waals surface area contributed by atoms with Crippen LogP contribution in [-0.2, 0) is 14.6 Å². The largest absolute Gasteiger partial charge is 0.495 e. The summed E-state index contributed by atoms with van der Waals surface area (Å²) in [6.45, 7) is 7.86. The Morgan fingerprint density at radius 3 is 2.38 bits per heavy atom. The third-order valence-corrected chi connectivity index (χ3v) is 7.11. The van der Waals surface area contributed by atoms with Gasteiger partial charge < -0.3 is 14.6 Å². The molecule has 0 unspecified atom stereocenters. The summed E-state index contributed by atoms with van der Waals surface area (Å²) in [6.07, 6.45) is -0.178. The highest BCUT2D eigenvalue weighted by Gasteiger charge is 2.23. The van der Waals surface area contributed by atoms with Gasteiger partial charge in [-0.2, -0.15) is 0 Å². The molecule has 0 bridgehead atoms. The maximum Gasteiger partial charge on any atom is 0.225 e. The molecule has 7 nitrogen and oxygen atoms in total. The van der Waals surface area contributed by atoms with Crippen LogP contribution in [0.4, 0.5) is 5.69 Å². The molecule has 1 amide bonds. The molecule has 1 aromatic heterocycles. The number of aromatic nitrogens is 1. The standard InChI is InChI=1S/C24H28N2O5S/c1-15(2)18-6-9-20(10-7-18)25-23(27)12-13-32(28,29)22-14-19(8-11-21(22)30-5)24-16(3)17(4)26-31-24/h6-11,14-15H,12-13H2,1-5H3,(H,25,27). The molecule has 0 saturated heterocycles. The summed E-state index contributed by atoms with van der Waals surface area (Å²) >= 11 is 0. The SMILES string of the molecule is COc1ccc(-c2onc(C)c2C)cc1S(=O)(=O)CCC(=O)Nc1ccc(C(C)C)cc1. The molecule has 170 valence electrons. The van der Waals surface area contributed by atoms with E-state index >= 15 is 0 Å². The van der Waals surface area contributed by atoms with Crippen LogP contribution in [-0.4, -0.2) is 32.3 Å². The van der Waals surface area contributed by atoms with Crippen LogP contribution in [0, 0.1) is 13.8 Å². The Balaban J connectivity index is 1.76. The molecule has 1 heterocycles. The molecule has 3 rings (SSSR count). The highest BCUT2D eigenvalue weighted by molar-refractivity contribution is 7.91. The number of hydrogen-bond acceptors (Lipinski definition) is 6. The summed E-state index contributed by atoms with van der Waals surface area (Å²) in [6, 6.07) is 12.3. The molecule has 8 heteroatoms. The number of carbonyl (C=O) groups excluding carboxylic acids is 1. The zero-order valence-electron chi connectivity index (χ0n) is 18.9. The van der Waals surface area contributed by atoms with Crippen LogP contribution >= 0.6 is 0 Å². The number of sulfone groups is 1. The molecular weight excluding hydrogens is 428 g/mol. The molecule has 0 spiro atoms. The number of nitrogens with one attached hydrogen (secondary N) is 1. The van der Waals surface area contributed by atoms with Crippen LogP contribution < -0.4 is 10.1 Å². The predicted octanol–water partition coefficient (Wildman–Crippen LogP) is 4.89. The lowest BCUT2D eigenvalue weighted by Crippen LogP contribution is -2.18. The van der Waals surface area contributed by atoms with Gasteiger partial charge in [-0.3, -0.25) is 4.79 Å². The average Bonchev–Trinajstić information content (AvgIpc) is 3.10. The van der Waals surface area contributed by atoms with E-state index in [9.17, 15) is 13.2 Å². The quantitative estimate of drug-likeness (QED) is 0.518. The minimum atomic E-state index is -3.79. The predicted molar refractivity (Wildman–Crippen MR) is 124 cm³/mol. The first kappa shape index (κ1) is 23.5. The first-order valence-corrected chi connectivity index (χ1v) is 12.0. The Kier molecular flexibility index (Phi) is 7.03. The Morgan fingerprint density at radius 1 is 1.12 bits per heavy atom. The lowest BCUT2D eigenvalue weighted by molar-refractivity contribution is -0.115. The van der Waals surface area contributed by atoms with Gasteiger partial charge in [-0.1, -0.05) is 31.1 Å². The number of hydrogen-bond donors (Lipinski definition) is 1.